The van der Waals surface area contributed by atoms with Gasteiger partial charge in [0.05, 0.1) is 12.1 Å². The Morgan fingerprint density at radius 3 is 2.62 bits per heavy atom. The van der Waals surface area contributed by atoms with E-state index >= 15 is 0 Å². The summed E-state index contributed by atoms with van der Waals surface area (Å²) < 4.78 is 0. The molecule has 156 valence electrons. The smallest absolute Gasteiger partial charge is 0.233 e. The number of hydrogen-bond donors (Lipinski definition) is 2. The molecule has 6 nitrogen and oxygen atoms in total. The average Bonchev–Trinajstić information content (AvgIpc) is 2.78. The molecule has 2 saturated heterocycles. The number of piperidine rings is 2. The number of rotatable bonds is 6. The van der Waals surface area contributed by atoms with Crippen LogP contribution in [0.1, 0.15) is 37.7 Å². The molecule has 0 atom stereocenters. The summed E-state index contributed by atoms with van der Waals surface area (Å²) in [5.41, 5.74) is 2.39. The van der Waals surface area contributed by atoms with Gasteiger partial charge in [0.15, 0.2) is 0 Å². The van der Waals surface area contributed by atoms with Crippen LogP contribution in [0.2, 0.25) is 0 Å². The Bertz CT molecular complexity index is 825. The predicted octanol–water partition coefficient (Wildman–Crippen LogP) is 2.53. The Morgan fingerprint density at radius 2 is 1.86 bits per heavy atom. The molecule has 2 aliphatic heterocycles. The Kier molecular flexibility index (Phi) is 6.62. The second kappa shape index (κ2) is 9.55. The van der Waals surface area contributed by atoms with Gasteiger partial charge < -0.3 is 15.5 Å². The molecule has 3 heterocycles. The Labute approximate surface area is 173 Å². The van der Waals surface area contributed by atoms with Gasteiger partial charge in [0.25, 0.3) is 0 Å². The largest absolute Gasteiger partial charge is 0.358 e. The molecule has 4 rings (SSSR count). The van der Waals surface area contributed by atoms with E-state index in [1.807, 2.05) is 0 Å². The molecule has 0 aliphatic carbocycles. The summed E-state index contributed by atoms with van der Waals surface area (Å²) in [7, 11) is 1.70. The molecule has 2 aromatic rings. The van der Waals surface area contributed by atoms with E-state index in [2.05, 4.69) is 50.8 Å². The highest BCUT2D eigenvalue weighted by molar-refractivity contribution is 5.82. The monoisotopic (exact) mass is 395 g/mol. The molecule has 0 unspecified atom stereocenters. The van der Waals surface area contributed by atoms with E-state index in [4.69, 9.17) is 4.98 Å². The molecule has 1 aromatic heterocycles. The first-order valence-electron chi connectivity index (χ1n) is 11.0. The number of fused-ring (bicyclic) bond motifs is 1. The molecular formula is C23H33N5O. The van der Waals surface area contributed by atoms with Crippen molar-refractivity contribution in [2.45, 2.75) is 44.7 Å². The van der Waals surface area contributed by atoms with Crippen LogP contribution in [0, 0.1) is 0 Å². The lowest BCUT2D eigenvalue weighted by atomic mass is 10.0. The van der Waals surface area contributed by atoms with Crippen LogP contribution in [-0.4, -0.2) is 61.6 Å². The minimum Gasteiger partial charge on any atom is -0.358 e. The van der Waals surface area contributed by atoms with Crippen molar-refractivity contribution in [1.82, 2.24) is 20.5 Å². The Hall–Kier alpha value is -2.18. The number of nitrogens with zero attached hydrogens (tertiary/aromatic N) is 3. The molecular weight excluding hydrogens is 362 g/mol. The minimum absolute atomic E-state index is 0.102. The SMILES string of the molecule is CNC(=O)CN1CCC(NCc2cc3ccccc3nc2N2CCCCC2)CC1. The van der Waals surface area contributed by atoms with Gasteiger partial charge in [-0.3, -0.25) is 9.69 Å². The number of benzene rings is 1. The Morgan fingerprint density at radius 1 is 1.10 bits per heavy atom. The molecule has 0 saturated carbocycles. The highest BCUT2D eigenvalue weighted by Crippen LogP contribution is 2.26. The second-order valence-electron chi connectivity index (χ2n) is 8.32. The lowest BCUT2D eigenvalue weighted by Crippen LogP contribution is -2.45. The molecule has 2 fully saturated rings. The summed E-state index contributed by atoms with van der Waals surface area (Å²) in [6.07, 6.45) is 6.00. The van der Waals surface area contributed by atoms with Crippen LogP contribution in [0.4, 0.5) is 5.82 Å². The molecule has 0 spiro atoms. The van der Waals surface area contributed by atoms with Crippen molar-refractivity contribution in [1.29, 1.82) is 0 Å². The molecule has 0 radical (unpaired) electrons. The van der Waals surface area contributed by atoms with Gasteiger partial charge in [-0.2, -0.15) is 0 Å². The second-order valence-corrected chi connectivity index (χ2v) is 8.32. The molecule has 0 bridgehead atoms. The first-order chi connectivity index (χ1) is 14.2. The zero-order valence-corrected chi connectivity index (χ0v) is 17.5. The number of carbonyl (C=O) groups is 1. The summed E-state index contributed by atoms with van der Waals surface area (Å²) in [5, 5.41) is 7.70. The number of nitrogens with one attached hydrogen (secondary N) is 2. The third kappa shape index (κ3) is 5.06. The van der Waals surface area contributed by atoms with E-state index in [1.165, 1.54) is 30.2 Å². The van der Waals surface area contributed by atoms with Crippen molar-refractivity contribution in [3.05, 3.63) is 35.9 Å². The topological polar surface area (TPSA) is 60.5 Å². The molecule has 1 amide bonds. The molecule has 2 aliphatic rings. The van der Waals surface area contributed by atoms with Gasteiger partial charge in [-0.25, -0.2) is 4.98 Å². The van der Waals surface area contributed by atoms with E-state index < -0.39 is 0 Å². The van der Waals surface area contributed by atoms with Crippen molar-refractivity contribution < 1.29 is 4.79 Å². The van der Waals surface area contributed by atoms with Gasteiger partial charge in [-0.1, -0.05) is 18.2 Å². The molecule has 1 aromatic carbocycles. The molecule has 29 heavy (non-hydrogen) atoms. The number of aromatic nitrogens is 1. The van der Waals surface area contributed by atoms with E-state index in [9.17, 15) is 4.79 Å². The summed E-state index contributed by atoms with van der Waals surface area (Å²) in [6.45, 7) is 5.52. The quantitative estimate of drug-likeness (QED) is 0.787. The number of anilines is 1. The summed E-state index contributed by atoms with van der Waals surface area (Å²) in [6, 6.07) is 11.2. The zero-order chi connectivity index (χ0) is 20.1. The van der Waals surface area contributed by atoms with E-state index in [0.29, 0.717) is 12.6 Å². The molecule has 2 N–H and O–H groups in total. The van der Waals surface area contributed by atoms with Crippen LogP contribution in [0.5, 0.6) is 0 Å². The van der Waals surface area contributed by atoms with Gasteiger partial charge >= 0.3 is 0 Å². The van der Waals surface area contributed by atoms with Crippen LogP contribution in [0.3, 0.4) is 0 Å². The predicted molar refractivity (Wildman–Crippen MR) is 118 cm³/mol. The van der Waals surface area contributed by atoms with Gasteiger partial charge in [0.2, 0.25) is 5.91 Å². The lowest BCUT2D eigenvalue weighted by molar-refractivity contribution is -0.122. The van der Waals surface area contributed by atoms with Crippen LogP contribution in [-0.2, 0) is 11.3 Å². The van der Waals surface area contributed by atoms with Crippen LogP contribution < -0.4 is 15.5 Å². The minimum atomic E-state index is 0.102. The van der Waals surface area contributed by atoms with Crippen molar-refractivity contribution in [2.75, 3.05) is 44.7 Å². The average molecular weight is 396 g/mol. The van der Waals surface area contributed by atoms with Gasteiger partial charge in [0.1, 0.15) is 5.82 Å². The number of hydrogen-bond acceptors (Lipinski definition) is 5. The third-order valence-corrected chi connectivity index (χ3v) is 6.25. The fourth-order valence-corrected chi connectivity index (χ4v) is 4.49. The number of amides is 1. The summed E-state index contributed by atoms with van der Waals surface area (Å²) >= 11 is 0. The van der Waals surface area contributed by atoms with E-state index in [1.54, 1.807) is 7.05 Å². The fourth-order valence-electron chi connectivity index (χ4n) is 4.49. The maximum Gasteiger partial charge on any atom is 0.233 e. The van der Waals surface area contributed by atoms with Crippen molar-refractivity contribution in [3.8, 4) is 0 Å². The number of carbonyl (C=O) groups excluding carboxylic acids is 1. The summed E-state index contributed by atoms with van der Waals surface area (Å²) in [4.78, 5) is 21.4. The number of likely N-dealkylation sites (tertiary alicyclic amines) is 1. The normalized spacial score (nSPS) is 18.9. The number of likely N-dealkylation sites (N-methyl/N-ethyl adjacent to an activating group) is 1. The maximum absolute atomic E-state index is 11.6. The van der Waals surface area contributed by atoms with Gasteiger partial charge in [-0.15, -0.1) is 0 Å². The highest BCUT2D eigenvalue weighted by Gasteiger charge is 2.22. The lowest BCUT2D eigenvalue weighted by Gasteiger charge is -2.33. The highest BCUT2D eigenvalue weighted by atomic mass is 16.1. The zero-order valence-electron chi connectivity index (χ0n) is 17.5. The van der Waals surface area contributed by atoms with Gasteiger partial charge in [-0.05, 0) is 44.2 Å². The number of pyridine rings is 1. The van der Waals surface area contributed by atoms with Crippen molar-refractivity contribution >= 4 is 22.6 Å². The van der Waals surface area contributed by atoms with Crippen LogP contribution in [0.25, 0.3) is 10.9 Å². The third-order valence-electron chi connectivity index (χ3n) is 6.25. The van der Waals surface area contributed by atoms with Crippen molar-refractivity contribution in [3.63, 3.8) is 0 Å². The Balaban J connectivity index is 1.42. The fraction of sp³-hybridized carbons (Fsp3) is 0.565. The number of para-hydroxylation sites is 1. The van der Waals surface area contributed by atoms with Gasteiger partial charge in [0, 0.05) is 56.8 Å². The van der Waals surface area contributed by atoms with Crippen LogP contribution >= 0.6 is 0 Å². The van der Waals surface area contributed by atoms with Crippen LogP contribution in [0.15, 0.2) is 30.3 Å². The standard InChI is InChI=1S/C23H33N5O/c1-24-22(29)17-27-13-9-20(10-14-27)25-16-19-15-18-7-3-4-8-21(18)26-23(19)28-11-5-2-6-12-28/h3-4,7-8,15,20,25H,2,5-6,9-14,16-17H2,1H3,(H,24,29). The first-order valence-corrected chi connectivity index (χ1v) is 11.0. The molecule has 6 heteroatoms. The van der Waals surface area contributed by atoms with E-state index in [0.717, 1.165) is 56.9 Å². The maximum atomic E-state index is 11.6. The van der Waals surface area contributed by atoms with Crippen molar-refractivity contribution in [2.24, 2.45) is 0 Å². The summed E-state index contributed by atoms with van der Waals surface area (Å²) in [5.74, 6) is 1.26. The van der Waals surface area contributed by atoms with E-state index in [-0.39, 0.29) is 5.91 Å². The first kappa shape index (κ1) is 20.1.